The molecule has 26 heavy (non-hydrogen) atoms. The Morgan fingerprint density at radius 2 is 1.08 bits per heavy atom. The van der Waals surface area contributed by atoms with Gasteiger partial charge in [-0.1, -0.05) is 90.3 Å². The molecule has 2 aromatic carbocycles. The van der Waals surface area contributed by atoms with Crippen molar-refractivity contribution in [1.29, 1.82) is 0 Å². The molecule has 0 amide bonds. The number of thiazole rings is 2. The molecule has 0 radical (unpaired) electrons. The van der Waals surface area contributed by atoms with E-state index >= 15 is 0 Å². The van der Waals surface area contributed by atoms with E-state index in [0.29, 0.717) is 0 Å². The first-order valence-electron chi connectivity index (χ1n) is 8.20. The zero-order valence-electron chi connectivity index (χ0n) is 14.0. The highest BCUT2D eigenvalue weighted by Crippen LogP contribution is 2.38. The van der Waals surface area contributed by atoms with Crippen molar-refractivity contribution in [3.05, 3.63) is 89.8 Å². The summed E-state index contributed by atoms with van der Waals surface area (Å²) in [6.07, 6.45) is 0. The molecule has 0 aliphatic carbocycles. The van der Waals surface area contributed by atoms with E-state index in [4.69, 9.17) is 0 Å². The van der Waals surface area contributed by atoms with Crippen molar-refractivity contribution in [2.75, 3.05) is 0 Å². The van der Waals surface area contributed by atoms with Gasteiger partial charge in [0.2, 0.25) is 0 Å². The predicted molar refractivity (Wildman–Crippen MR) is 108 cm³/mol. The quantitative estimate of drug-likeness (QED) is 0.540. The normalized spacial score (nSPS) is 11.2. The third kappa shape index (κ3) is 3.09. The lowest BCUT2D eigenvalue weighted by Gasteiger charge is -2.12. The molecule has 0 saturated heterocycles. The topological polar surface area (TPSA) is 65.7 Å². The van der Waals surface area contributed by atoms with Crippen LogP contribution in [0.5, 0.6) is 0 Å². The summed E-state index contributed by atoms with van der Waals surface area (Å²) in [7, 11) is 0. The second-order valence-corrected chi connectivity index (χ2v) is 7.99. The molecule has 130 valence electrons. The van der Waals surface area contributed by atoms with Crippen LogP contribution in [-0.2, 0) is 0 Å². The smallest absolute Gasteiger partial charge is 0.305 e. The third-order valence-corrected chi connectivity index (χ3v) is 6.39. The van der Waals surface area contributed by atoms with Gasteiger partial charge in [0.05, 0.1) is 11.4 Å². The van der Waals surface area contributed by atoms with Gasteiger partial charge in [0.25, 0.3) is 0 Å². The largest absolute Gasteiger partial charge is 0.312 e. The molecule has 4 aromatic rings. The number of nitrogens with one attached hydrogen (secondary N) is 2. The van der Waals surface area contributed by atoms with E-state index < -0.39 is 0 Å². The standard InChI is InChI=1S/C20H16N2O2S2/c1-12(17-15(21-19(23)25-17)13-8-4-2-5-9-13)18-16(22-20(24)26-18)14-10-6-3-7-11-14/h2-12H,1H3,(H,21,23)(H,22,24). The SMILES string of the molecule is CC(c1sc(=O)[nH]c1-c1ccccc1)c1sc(=O)[nH]c1-c1ccccc1. The van der Waals surface area contributed by atoms with Gasteiger partial charge < -0.3 is 9.97 Å². The van der Waals surface area contributed by atoms with Crippen LogP contribution in [0, 0.1) is 0 Å². The number of benzene rings is 2. The van der Waals surface area contributed by atoms with Crippen LogP contribution in [0.15, 0.2) is 70.3 Å². The Labute approximate surface area is 157 Å². The number of hydrogen-bond acceptors (Lipinski definition) is 4. The van der Waals surface area contributed by atoms with Gasteiger partial charge in [-0.2, -0.15) is 0 Å². The fourth-order valence-electron chi connectivity index (χ4n) is 3.05. The van der Waals surface area contributed by atoms with Crippen molar-refractivity contribution in [3.63, 3.8) is 0 Å². The zero-order chi connectivity index (χ0) is 18.1. The highest BCUT2D eigenvalue weighted by atomic mass is 32.1. The van der Waals surface area contributed by atoms with Gasteiger partial charge in [-0.3, -0.25) is 9.59 Å². The second-order valence-electron chi connectivity index (χ2n) is 5.96. The van der Waals surface area contributed by atoms with E-state index in [2.05, 4.69) is 9.97 Å². The maximum Gasteiger partial charge on any atom is 0.305 e. The van der Waals surface area contributed by atoms with Crippen LogP contribution in [0.3, 0.4) is 0 Å². The Kier molecular flexibility index (Phi) is 4.44. The highest BCUT2D eigenvalue weighted by Gasteiger charge is 2.23. The number of H-pyrrole nitrogens is 2. The minimum Gasteiger partial charge on any atom is -0.312 e. The predicted octanol–water partition coefficient (Wildman–Crippen LogP) is 4.67. The molecule has 2 aromatic heterocycles. The van der Waals surface area contributed by atoms with Gasteiger partial charge >= 0.3 is 9.75 Å². The summed E-state index contributed by atoms with van der Waals surface area (Å²) in [5, 5.41) is 0. The molecule has 0 aliphatic heterocycles. The molecular formula is C20H16N2O2S2. The second kappa shape index (κ2) is 6.90. The Balaban J connectivity index is 1.85. The van der Waals surface area contributed by atoms with Gasteiger partial charge in [0.1, 0.15) is 0 Å². The molecule has 4 rings (SSSR count). The molecule has 2 heterocycles. The maximum absolute atomic E-state index is 12.1. The molecule has 0 aliphatic rings. The number of aromatic nitrogens is 2. The minimum atomic E-state index is -0.0881. The van der Waals surface area contributed by atoms with Crippen molar-refractivity contribution in [1.82, 2.24) is 9.97 Å². The van der Waals surface area contributed by atoms with Gasteiger partial charge in [-0.15, -0.1) is 0 Å². The van der Waals surface area contributed by atoms with Crippen LogP contribution < -0.4 is 9.75 Å². The first-order chi connectivity index (χ1) is 12.6. The Bertz CT molecular complexity index is 1050. The number of aromatic amines is 2. The van der Waals surface area contributed by atoms with Crippen LogP contribution in [0.2, 0.25) is 0 Å². The lowest BCUT2D eigenvalue weighted by molar-refractivity contribution is 0.968. The fraction of sp³-hybridized carbons (Fsp3) is 0.100. The molecule has 2 N–H and O–H groups in total. The van der Waals surface area contributed by atoms with E-state index in [0.717, 1.165) is 32.3 Å². The molecule has 0 unspecified atom stereocenters. The molecule has 4 nitrogen and oxygen atoms in total. The van der Waals surface area contributed by atoms with Crippen LogP contribution in [0.1, 0.15) is 22.6 Å². The van der Waals surface area contributed by atoms with Crippen molar-refractivity contribution >= 4 is 22.7 Å². The molecule has 0 spiro atoms. The molecule has 6 heteroatoms. The Morgan fingerprint density at radius 3 is 1.46 bits per heavy atom. The van der Waals surface area contributed by atoms with Gasteiger partial charge in [-0.25, -0.2) is 0 Å². The Morgan fingerprint density at radius 1 is 0.692 bits per heavy atom. The van der Waals surface area contributed by atoms with Crippen LogP contribution >= 0.6 is 22.7 Å². The van der Waals surface area contributed by atoms with Gasteiger partial charge in [0, 0.05) is 15.7 Å². The first kappa shape index (κ1) is 16.8. The van der Waals surface area contributed by atoms with Gasteiger partial charge in [-0.05, 0) is 11.1 Å². The van der Waals surface area contributed by atoms with E-state index in [-0.39, 0.29) is 15.7 Å². The van der Waals surface area contributed by atoms with Crippen molar-refractivity contribution in [3.8, 4) is 22.5 Å². The summed E-state index contributed by atoms with van der Waals surface area (Å²) in [5.41, 5.74) is 3.59. The van der Waals surface area contributed by atoms with Crippen LogP contribution in [0.25, 0.3) is 22.5 Å². The monoisotopic (exact) mass is 380 g/mol. The summed E-state index contributed by atoms with van der Waals surface area (Å²) in [6.45, 7) is 2.04. The average Bonchev–Trinajstić information content (AvgIpc) is 3.25. The van der Waals surface area contributed by atoms with Crippen molar-refractivity contribution in [2.24, 2.45) is 0 Å². The van der Waals surface area contributed by atoms with Crippen LogP contribution in [-0.4, -0.2) is 9.97 Å². The lowest BCUT2D eigenvalue weighted by Crippen LogP contribution is -1.96. The average molecular weight is 380 g/mol. The first-order valence-corrected chi connectivity index (χ1v) is 9.83. The molecular weight excluding hydrogens is 364 g/mol. The van der Waals surface area contributed by atoms with Crippen molar-refractivity contribution in [2.45, 2.75) is 12.8 Å². The number of rotatable bonds is 4. The molecule has 0 saturated carbocycles. The fourth-order valence-corrected chi connectivity index (χ4v) is 4.96. The molecule has 0 bridgehead atoms. The van der Waals surface area contributed by atoms with Gasteiger partial charge in [0.15, 0.2) is 0 Å². The number of hydrogen-bond donors (Lipinski definition) is 2. The summed E-state index contributed by atoms with van der Waals surface area (Å²) >= 11 is 2.41. The molecule has 0 atom stereocenters. The summed E-state index contributed by atoms with van der Waals surface area (Å²) in [4.78, 5) is 31.8. The summed E-state index contributed by atoms with van der Waals surface area (Å²) in [5.74, 6) is -0.0756. The highest BCUT2D eigenvalue weighted by molar-refractivity contribution is 7.11. The summed E-state index contributed by atoms with van der Waals surface area (Å²) in [6, 6.07) is 19.6. The van der Waals surface area contributed by atoms with E-state index in [9.17, 15) is 9.59 Å². The third-order valence-electron chi connectivity index (χ3n) is 4.26. The van der Waals surface area contributed by atoms with Crippen molar-refractivity contribution < 1.29 is 0 Å². The minimum absolute atomic E-state index is 0.0756. The molecule has 0 fully saturated rings. The summed E-state index contributed by atoms with van der Waals surface area (Å²) < 4.78 is 0. The van der Waals surface area contributed by atoms with Crippen LogP contribution in [0.4, 0.5) is 0 Å². The maximum atomic E-state index is 12.1. The van der Waals surface area contributed by atoms with E-state index in [1.807, 2.05) is 67.6 Å². The Hall–Kier alpha value is -2.70. The van der Waals surface area contributed by atoms with E-state index in [1.54, 1.807) is 0 Å². The van der Waals surface area contributed by atoms with E-state index in [1.165, 1.54) is 22.7 Å². The lowest BCUT2D eigenvalue weighted by atomic mass is 9.99. The zero-order valence-corrected chi connectivity index (χ0v) is 15.6.